The molecule has 1 aromatic carbocycles. The van der Waals surface area contributed by atoms with Crippen molar-refractivity contribution in [1.29, 1.82) is 0 Å². The number of nitrogens with zero attached hydrogens (tertiary/aromatic N) is 1. The third-order valence-electron chi connectivity index (χ3n) is 1.99. The van der Waals surface area contributed by atoms with Crippen molar-refractivity contribution in [2.45, 2.75) is 12.8 Å². The Morgan fingerprint density at radius 3 is 2.79 bits per heavy atom. The van der Waals surface area contributed by atoms with E-state index in [0.29, 0.717) is 5.56 Å². The first kappa shape index (κ1) is 10.6. The molecule has 1 N–H and O–H groups in total. The molecule has 0 amide bonds. The molecule has 0 saturated heterocycles. The Balaban J connectivity index is 3.21. The van der Waals surface area contributed by atoms with Gasteiger partial charge in [-0.15, -0.1) is 0 Å². The summed E-state index contributed by atoms with van der Waals surface area (Å²) >= 11 is 0. The van der Waals surface area contributed by atoms with Crippen molar-refractivity contribution in [3.63, 3.8) is 0 Å². The van der Waals surface area contributed by atoms with E-state index in [1.165, 1.54) is 6.07 Å². The highest BCUT2D eigenvalue weighted by molar-refractivity contribution is 5.42. The second-order valence-electron chi connectivity index (χ2n) is 3.04. The van der Waals surface area contributed by atoms with Gasteiger partial charge in [-0.25, -0.2) is 4.39 Å². The Hall–Kier alpha value is -1.49. The summed E-state index contributed by atoms with van der Waals surface area (Å²) in [6.07, 6.45) is 0. The molecule has 0 aromatic heterocycles. The molecule has 0 aliphatic heterocycles. The molecule has 0 spiro atoms. The van der Waals surface area contributed by atoms with Crippen LogP contribution in [0.4, 0.5) is 10.1 Å². The highest BCUT2D eigenvalue weighted by Crippen LogP contribution is 2.26. The summed E-state index contributed by atoms with van der Waals surface area (Å²) in [6.45, 7) is 1.44. The number of aliphatic hydroxyl groups excluding tert-OH is 1. The smallest absolute Gasteiger partial charge is 0.275 e. The van der Waals surface area contributed by atoms with Crippen molar-refractivity contribution in [1.82, 2.24) is 0 Å². The van der Waals surface area contributed by atoms with Gasteiger partial charge in [-0.05, 0) is 12.1 Å². The molecule has 76 valence electrons. The van der Waals surface area contributed by atoms with Crippen molar-refractivity contribution >= 4 is 5.69 Å². The maximum absolute atomic E-state index is 12.7. The summed E-state index contributed by atoms with van der Waals surface area (Å²) in [6, 6.07) is 3.34. The summed E-state index contributed by atoms with van der Waals surface area (Å²) < 4.78 is 12.7. The first-order chi connectivity index (χ1) is 6.56. The number of rotatable bonds is 3. The van der Waals surface area contributed by atoms with E-state index in [1.54, 1.807) is 6.92 Å². The average molecular weight is 199 g/mol. The summed E-state index contributed by atoms with van der Waals surface area (Å²) in [5, 5.41) is 19.4. The largest absolute Gasteiger partial charge is 0.396 e. The van der Waals surface area contributed by atoms with Crippen LogP contribution in [0.5, 0.6) is 0 Å². The van der Waals surface area contributed by atoms with Crippen LogP contribution in [0.2, 0.25) is 0 Å². The van der Waals surface area contributed by atoms with Gasteiger partial charge in [-0.2, -0.15) is 0 Å². The number of benzene rings is 1. The van der Waals surface area contributed by atoms with E-state index in [9.17, 15) is 14.5 Å². The molecule has 0 aliphatic rings. The second-order valence-corrected chi connectivity index (χ2v) is 3.04. The van der Waals surface area contributed by atoms with Crippen molar-refractivity contribution in [2.24, 2.45) is 0 Å². The van der Waals surface area contributed by atoms with Gasteiger partial charge in [0.15, 0.2) is 0 Å². The molecule has 0 heterocycles. The molecule has 5 heteroatoms. The Bertz CT molecular complexity index is 354. The van der Waals surface area contributed by atoms with E-state index >= 15 is 0 Å². The number of halogens is 1. The van der Waals surface area contributed by atoms with Gasteiger partial charge in [0.25, 0.3) is 5.69 Å². The summed E-state index contributed by atoms with van der Waals surface area (Å²) in [5.74, 6) is -1.01. The first-order valence-electron chi connectivity index (χ1n) is 4.11. The van der Waals surface area contributed by atoms with E-state index in [1.807, 2.05) is 0 Å². The van der Waals surface area contributed by atoms with E-state index in [4.69, 9.17) is 5.11 Å². The van der Waals surface area contributed by atoms with Crippen LogP contribution in [0.3, 0.4) is 0 Å². The minimum atomic E-state index is -0.648. The standard InChI is InChI=1S/C9H10FNO3/c1-6(5-12)8-3-2-7(10)4-9(8)11(13)14/h2-4,6,12H,5H2,1H3/t6-/m1/s1. The van der Waals surface area contributed by atoms with Gasteiger partial charge >= 0.3 is 0 Å². The van der Waals surface area contributed by atoms with Crippen LogP contribution in [0.25, 0.3) is 0 Å². The fourth-order valence-corrected chi connectivity index (χ4v) is 1.19. The van der Waals surface area contributed by atoms with Gasteiger partial charge < -0.3 is 5.11 Å². The number of nitro groups is 1. The topological polar surface area (TPSA) is 63.4 Å². The van der Waals surface area contributed by atoms with Crippen LogP contribution in [0, 0.1) is 15.9 Å². The molecular formula is C9H10FNO3. The van der Waals surface area contributed by atoms with Crippen LogP contribution in [-0.2, 0) is 0 Å². The Labute approximate surface area is 80.1 Å². The zero-order valence-electron chi connectivity index (χ0n) is 7.61. The molecule has 0 unspecified atom stereocenters. The van der Waals surface area contributed by atoms with Crippen molar-refractivity contribution in [3.8, 4) is 0 Å². The molecule has 0 saturated carbocycles. The van der Waals surface area contributed by atoms with Crippen LogP contribution in [-0.4, -0.2) is 16.6 Å². The molecule has 1 aromatic rings. The lowest BCUT2D eigenvalue weighted by atomic mass is 10.0. The number of hydrogen-bond donors (Lipinski definition) is 1. The van der Waals surface area contributed by atoms with Crippen LogP contribution < -0.4 is 0 Å². The predicted molar refractivity (Wildman–Crippen MR) is 48.6 cm³/mol. The van der Waals surface area contributed by atoms with Gasteiger partial charge in [0, 0.05) is 18.1 Å². The van der Waals surface area contributed by atoms with Gasteiger partial charge in [0.2, 0.25) is 0 Å². The van der Waals surface area contributed by atoms with Crippen molar-refractivity contribution in [2.75, 3.05) is 6.61 Å². The van der Waals surface area contributed by atoms with Gasteiger partial charge in [0.05, 0.1) is 11.0 Å². The number of aliphatic hydroxyl groups is 1. The van der Waals surface area contributed by atoms with Crippen LogP contribution in [0.15, 0.2) is 18.2 Å². The Morgan fingerprint density at radius 2 is 2.29 bits per heavy atom. The van der Waals surface area contributed by atoms with Gasteiger partial charge in [-0.1, -0.05) is 6.92 Å². The fraction of sp³-hybridized carbons (Fsp3) is 0.333. The SMILES string of the molecule is C[C@H](CO)c1ccc(F)cc1[N+](=O)[O-]. The number of nitro benzene ring substituents is 1. The Morgan fingerprint density at radius 1 is 1.64 bits per heavy atom. The second kappa shape index (κ2) is 4.15. The Kier molecular flexibility index (Phi) is 3.14. The van der Waals surface area contributed by atoms with Gasteiger partial charge in [-0.3, -0.25) is 10.1 Å². The van der Waals surface area contributed by atoms with Crippen LogP contribution >= 0.6 is 0 Å². The summed E-state index contributed by atoms with van der Waals surface area (Å²) in [5.41, 5.74) is 0.0606. The maximum atomic E-state index is 12.7. The van der Waals surface area contributed by atoms with Crippen molar-refractivity contribution < 1.29 is 14.4 Å². The molecular weight excluding hydrogens is 189 g/mol. The lowest BCUT2D eigenvalue weighted by molar-refractivity contribution is -0.385. The highest BCUT2D eigenvalue weighted by atomic mass is 19.1. The van der Waals surface area contributed by atoms with E-state index in [2.05, 4.69) is 0 Å². The van der Waals surface area contributed by atoms with Crippen LogP contribution in [0.1, 0.15) is 18.4 Å². The third kappa shape index (κ3) is 2.05. The first-order valence-corrected chi connectivity index (χ1v) is 4.11. The van der Waals surface area contributed by atoms with E-state index < -0.39 is 10.7 Å². The number of hydrogen-bond acceptors (Lipinski definition) is 3. The normalized spacial score (nSPS) is 12.5. The van der Waals surface area contributed by atoms with E-state index in [0.717, 1.165) is 12.1 Å². The van der Waals surface area contributed by atoms with Gasteiger partial charge in [0.1, 0.15) is 5.82 Å². The third-order valence-corrected chi connectivity index (χ3v) is 1.99. The predicted octanol–water partition coefficient (Wildman–Crippen LogP) is 1.83. The molecule has 0 bridgehead atoms. The molecule has 1 rings (SSSR count). The lowest BCUT2D eigenvalue weighted by Gasteiger charge is -2.08. The minimum absolute atomic E-state index is 0.202. The minimum Gasteiger partial charge on any atom is -0.396 e. The zero-order valence-corrected chi connectivity index (χ0v) is 7.61. The zero-order chi connectivity index (χ0) is 10.7. The van der Waals surface area contributed by atoms with E-state index in [-0.39, 0.29) is 18.2 Å². The molecule has 0 fully saturated rings. The maximum Gasteiger partial charge on any atom is 0.275 e. The molecule has 1 atom stereocenters. The quantitative estimate of drug-likeness (QED) is 0.596. The molecule has 0 radical (unpaired) electrons. The molecule has 4 nitrogen and oxygen atoms in total. The fourth-order valence-electron chi connectivity index (χ4n) is 1.19. The van der Waals surface area contributed by atoms with Crippen molar-refractivity contribution in [3.05, 3.63) is 39.7 Å². The summed E-state index contributed by atoms with van der Waals surface area (Å²) in [7, 11) is 0. The highest BCUT2D eigenvalue weighted by Gasteiger charge is 2.18. The molecule has 0 aliphatic carbocycles. The lowest BCUT2D eigenvalue weighted by Crippen LogP contribution is -2.03. The average Bonchev–Trinajstić information content (AvgIpc) is 2.16. The summed E-state index contributed by atoms with van der Waals surface area (Å²) in [4.78, 5) is 9.90. The monoisotopic (exact) mass is 199 g/mol. The molecule has 14 heavy (non-hydrogen) atoms.